The van der Waals surface area contributed by atoms with Crippen molar-refractivity contribution in [2.24, 2.45) is 5.92 Å². The number of carbonyl (C=O) groups excluding carboxylic acids is 2. The molecule has 0 radical (unpaired) electrons. The van der Waals surface area contributed by atoms with Crippen molar-refractivity contribution >= 4 is 11.9 Å². The molecule has 0 aromatic rings. The number of carbonyl (C=O) groups is 2. The third kappa shape index (κ3) is 3.25. The number of methoxy groups -OCH3 is 1. The molecular formula is C13H22N2O4. The number of esters is 1. The fourth-order valence-corrected chi connectivity index (χ4v) is 2.60. The molecule has 19 heavy (non-hydrogen) atoms. The van der Waals surface area contributed by atoms with E-state index in [0.717, 1.165) is 12.8 Å². The van der Waals surface area contributed by atoms with Gasteiger partial charge in [-0.3, -0.25) is 14.5 Å². The van der Waals surface area contributed by atoms with Gasteiger partial charge in [-0.05, 0) is 25.7 Å². The molecule has 2 unspecified atom stereocenters. The Kier molecular flexibility index (Phi) is 4.76. The van der Waals surface area contributed by atoms with Crippen LogP contribution in [0.5, 0.6) is 0 Å². The first-order valence-electron chi connectivity index (χ1n) is 6.88. The Labute approximate surface area is 113 Å². The third-order valence-electron chi connectivity index (χ3n) is 3.69. The fourth-order valence-electron chi connectivity index (χ4n) is 2.60. The van der Waals surface area contributed by atoms with Gasteiger partial charge in [0.25, 0.3) is 0 Å². The molecule has 2 rings (SSSR count). The summed E-state index contributed by atoms with van der Waals surface area (Å²) in [6.07, 6.45) is 2.05. The summed E-state index contributed by atoms with van der Waals surface area (Å²) in [5, 5.41) is 2.80. The van der Waals surface area contributed by atoms with E-state index in [0.29, 0.717) is 32.2 Å². The molecule has 0 bridgehead atoms. The van der Waals surface area contributed by atoms with Crippen LogP contribution in [-0.2, 0) is 19.1 Å². The summed E-state index contributed by atoms with van der Waals surface area (Å²) in [6, 6.07) is -0.695. The first-order chi connectivity index (χ1) is 9.19. The standard InChI is InChI=1S/C13H22N2O4/c1-3-14-12(16)10-8-19-7-6-15(10)11(9-4-5-9)13(17)18-2/h9-11H,3-8H2,1-2H3,(H,14,16). The Morgan fingerprint density at radius 2 is 2.21 bits per heavy atom. The molecule has 1 heterocycles. The molecule has 0 spiro atoms. The molecule has 1 saturated carbocycles. The lowest BCUT2D eigenvalue weighted by Crippen LogP contribution is -2.59. The number of rotatable bonds is 5. The molecule has 0 aromatic heterocycles. The van der Waals surface area contributed by atoms with Gasteiger partial charge in [-0.25, -0.2) is 0 Å². The maximum atomic E-state index is 12.1. The molecular weight excluding hydrogens is 248 g/mol. The second-order valence-corrected chi connectivity index (χ2v) is 5.03. The molecule has 2 fully saturated rings. The zero-order chi connectivity index (χ0) is 13.8. The number of hydrogen-bond acceptors (Lipinski definition) is 5. The topological polar surface area (TPSA) is 67.9 Å². The first-order valence-corrected chi connectivity index (χ1v) is 6.88. The predicted molar refractivity (Wildman–Crippen MR) is 68.5 cm³/mol. The molecule has 6 heteroatoms. The lowest BCUT2D eigenvalue weighted by atomic mass is 10.1. The molecule has 0 aromatic carbocycles. The molecule has 2 atom stereocenters. The molecule has 1 amide bonds. The molecule has 1 N–H and O–H groups in total. The van der Waals surface area contributed by atoms with Crippen molar-refractivity contribution in [1.29, 1.82) is 0 Å². The van der Waals surface area contributed by atoms with Crippen LogP contribution in [0.2, 0.25) is 0 Å². The van der Waals surface area contributed by atoms with Crippen molar-refractivity contribution in [3.63, 3.8) is 0 Å². The number of nitrogens with zero attached hydrogens (tertiary/aromatic N) is 1. The Morgan fingerprint density at radius 3 is 2.79 bits per heavy atom. The second-order valence-electron chi connectivity index (χ2n) is 5.03. The van der Waals surface area contributed by atoms with Crippen LogP contribution in [0.15, 0.2) is 0 Å². The van der Waals surface area contributed by atoms with E-state index in [1.54, 1.807) is 0 Å². The zero-order valence-corrected chi connectivity index (χ0v) is 11.6. The van der Waals surface area contributed by atoms with Crippen LogP contribution in [-0.4, -0.2) is 62.3 Å². The highest BCUT2D eigenvalue weighted by atomic mass is 16.5. The lowest BCUT2D eigenvalue weighted by Gasteiger charge is -2.38. The first kappa shape index (κ1) is 14.3. The predicted octanol–water partition coefficient (Wildman–Crippen LogP) is -0.225. The molecule has 2 aliphatic rings. The molecule has 1 saturated heterocycles. The summed E-state index contributed by atoms with van der Waals surface area (Å²) in [6.45, 7) is 3.94. The highest BCUT2D eigenvalue weighted by molar-refractivity contribution is 5.84. The third-order valence-corrected chi connectivity index (χ3v) is 3.69. The lowest BCUT2D eigenvalue weighted by molar-refractivity contribution is -0.155. The largest absolute Gasteiger partial charge is 0.468 e. The Morgan fingerprint density at radius 1 is 1.47 bits per heavy atom. The Hall–Kier alpha value is -1.14. The number of morpholine rings is 1. The number of likely N-dealkylation sites (N-methyl/N-ethyl adjacent to an activating group) is 1. The smallest absolute Gasteiger partial charge is 0.323 e. The minimum atomic E-state index is -0.390. The highest BCUT2D eigenvalue weighted by Crippen LogP contribution is 2.37. The number of ether oxygens (including phenoxy) is 2. The number of nitrogens with one attached hydrogen (secondary N) is 1. The number of hydrogen-bond donors (Lipinski definition) is 1. The van der Waals surface area contributed by atoms with E-state index in [2.05, 4.69) is 5.32 Å². The van der Waals surface area contributed by atoms with Crippen molar-refractivity contribution in [1.82, 2.24) is 10.2 Å². The van der Waals surface area contributed by atoms with Gasteiger partial charge in [0.2, 0.25) is 5.91 Å². The summed E-state index contributed by atoms with van der Waals surface area (Å²) >= 11 is 0. The van der Waals surface area contributed by atoms with E-state index in [-0.39, 0.29) is 17.9 Å². The summed E-state index contributed by atoms with van der Waals surface area (Å²) in [4.78, 5) is 26.0. The van der Waals surface area contributed by atoms with E-state index < -0.39 is 6.04 Å². The average molecular weight is 270 g/mol. The van der Waals surface area contributed by atoms with Gasteiger partial charge < -0.3 is 14.8 Å². The molecule has 1 aliphatic carbocycles. The minimum Gasteiger partial charge on any atom is -0.468 e. The van der Waals surface area contributed by atoms with Gasteiger partial charge in [-0.15, -0.1) is 0 Å². The minimum absolute atomic E-state index is 0.0725. The van der Waals surface area contributed by atoms with E-state index in [1.807, 2.05) is 11.8 Å². The molecule has 6 nitrogen and oxygen atoms in total. The van der Waals surface area contributed by atoms with E-state index in [4.69, 9.17) is 9.47 Å². The van der Waals surface area contributed by atoms with Gasteiger partial charge in [0.15, 0.2) is 0 Å². The Bertz CT molecular complexity index is 344. The van der Waals surface area contributed by atoms with E-state index >= 15 is 0 Å². The van der Waals surface area contributed by atoms with Crippen LogP contribution < -0.4 is 5.32 Å². The Balaban J connectivity index is 2.12. The fraction of sp³-hybridized carbons (Fsp3) is 0.846. The average Bonchev–Trinajstić information content (AvgIpc) is 3.24. The van der Waals surface area contributed by atoms with E-state index in [1.165, 1.54) is 7.11 Å². The van der Waals surface area contributed by atoms with Crippen LogP contribution in [0.3, 0.4) is 0 Å². The van der Waals surface area contributed by atoms with Gasteiger partial charge in [-0.1, -0.05) is 0 Å². The maximum absolute atomic E-state index is 12.1. The highest BCUT2D eigenvalue weighted by Gasteiger charge is 2.45. The molecule has 108 valence electrons. The van der Waals surface area contributed by atoms with Crippen molar-refractivity contribution in [2.45, 2.75) is 31.8 Å². The number of amides is 1. The van der Waals surface area contributed by atoms with Crippen molar-refractivity contribution < 1.29 is 19.1 Å². The van der Waals surface area contributed by atoms with Gasteiger partial charge in [0.05, 0.1) is 20.3 Å². The summed E-state index contributed by atoms with van der Waals surface area (Å²) in [7, 11) is 1.40. The summed E-state index contributed by atoms with van der Waals surface area (Å²) in [5.74, 6) is 0.0120. The second kappa shape index (κ2) is 6.34. The van der Waals surface area contributed by atoms with Crippen molar-refractivity contribution in [3.05, 3.63) is 0 Å². The van der Waals surface area contributed by atoms with Gasteiger partial charge in [0.1, 0.15) is 12.1 Å². The summed E-state index contributed by atoms with van der Waals surface area (Å²) < 4.78 is 10.3. The zero-order valence-electron chi connectivity index (χ0n) is 11.6. The van der Waals surface area contributed by atoms with Crippen LogP contribution in [0.25, 0.3) is 0 Å². The van der Waals surface area contributed by atoms with Crippen LogP contribution in [0.4, 0.5) is 0 Å². The quantitative estimate of drug-likeness (QED) is 0.699. The van der Waals surface area contributed by atoms with Crippen LogP contribution in [0, 0.1) is 5.92 Å². The maximum Gasteiger partial charge on any atom is 0.323 e. The monoisotopic (exact) mass is 270 g/mol. The van der Waals surface area contributed by atoms with Crippen LogP contribution >= 0.6 is 0 Å². The normalized spacial score (nSPS) is 25.7. The SMILES string of the molecule is CCNC(=O)C1COCCN1C(C(=O)OC)C1CC1. The van der Waals surface area contributed by atoms with Crippen LogP contribution in [0.1, 0.15) is 19.8 Å². The van der Waals surface area contributed by atoms with Crippen molar-refractivity contribution in [2.75, 3.05) is 33.4 Å². The van der Waals surface area contributed by atoms with E-state index in [9.17, 15) is 9.59 Å². The summed E-state index contributed by atoms with van der Waals surface area (Å²) in [5.41, 5.74) is 0. The van der Waals surface area contributed by atoms with Gasteiger partial charge in [0, 0.05) is 13.1 Å². The van der Waals surface area contributed by atoms with Crippen molar-refractivity contribution in [3.8, 4) is 0 Å². The molecule has 1 aliphatic heterocycles. The van der Waals surface area contributed by atoms with Gasteiger partial charge in [-0.2, -0.15) is 0 Å². The van der Waals surface area contributed by atoms with Gasteiger partial charge >= 0.3 is 5.97 Å².